The zero-order valence-electron chi connectivity index (χ0n) is 13.5. The molecule has 0 N–H and O–H groups in total. The molecule has 0 radical (unpaired) electrons. The molecule has 0 aliphatic carbocycles. The standard InChI is InChI=1S/C19H16N3OS2/c20-11-14-4-6-15(7-5-14)12-21-13-16(19-24-9-10-25-19)18(23)22-8-2-1-3-17(21)22/h1-8,13,19H,9-10,12H2/q+1. The average Bonchev–Trinajstić information content (AvgIpc) is 3.19. The molecule has 0 atom stereocenters. The van der Waals surface area contributed by atoms with E-state index in [1.54, 1.807) is 4.40 Å². The minimum absolute atomic E-state index is 0.0681. The Morgan fingerprint density at radius 3 is 2.64 bits per heavy atom. The van der Waals surface area contributed by atoms with Crippen LogP contribution in [0.3, 0.4) is 0 Å². The summed E-state index contributed by atoms with van der Waals surface area (Å²) in [5.74, 6) is 2.17. The second-order valence-corrected chi connectivity index (χ2v) is 8.55. The summed E-state index contributed by atoms with van der Waals surface area (Å²) in [5.41, 5.74) is 3.55. The second kappa shape index (κ2) is 6.95. The summed E-state index contributed by atoms with van der Waals surface area (Å²) in [5, 5.41) is 8.95. The lowest BCUT2D eigenvalue weighted by Crippen LogP contribution is -2.41. The molecule has 1 aromatic carbocycles. The first kappa shape index (κ1) is 16.2. The van der Waals surface area contributed by atoms with Crippen molar-refractivity contribution in [2.45, 2.75) is 11.1 Å². The van der Waals surface area contributed by atoms with Gasteiger partial charge in [0.05, 0.1) is 22.4 Å². The van der Waals surface area contributed by atoms with Crippen LogP contribution in [0.4, 0.5) is 0 Å². The first-order valence-corrected chi connectivity index (χ1v) is 10.1. The van der Waals surface area contributed by atoms with E-state index in [9.17, 15) is 4.79 Å². The summed E-state index contributed by atoms with van der Waals surface area (Å²) in [4.78, 5) is 12.9. The van der Waals surface area contributed by atoms with Gasteiger partial charge in [0.15, 0.2) is 0 Å². The third-order valence-corrected chi connectivity index (χ3v) is 7.27. The number of thioether (sulfide) groups is 2. The van der Waals surface area contributed by atoms with Crippen LogP contribution in [0.25, 0.3) is 5.65 Å². The molecule has 1 saturated heterocycles. The number of rotatable bonds is 3. The van der Waals surface area contributed by atoms with Crippen LogP contribution in [0.1, 0.15) is 21.3 Å². The maximum atomic E-state index is 12.9. The van der Waals surface area contributed by atoms with Crippen molar-refractivity contribution in [3.05, 3.63) is 81.9 Å². The molecule has 25 heavy (non-hydrogen) atoms. The van der Waals surface area contributed by atoms with Gasteiger partial charge < -0.3 is 0 Å². The molecule has 0 bridgehead atoms. The Morgan fingerprint density at radius 2 is 1.92 bits per heavy atom. The number of benzene rings is 1. The van der Waals surface area contributed by atoms with Gasteiger partial charge in [-0.1, -0.05) is 18.2 Å². The Labute approximate surface area is 154 Å². The normalized spacial score (nSPS) is 14.7. The predicted octanol–water partition coefficient (Wildman–Crippen LogP) is 2.99. The van der Waals surface area contributed by atoms with Gasteiger partial charge in [0, 0.05) is 17.6 Å². The van der Waals surface area contributed by atoms with Gasteiger partial charge in [0.1, 0.15) is 18.3 Å². The van der Waals surface area contributed by atoms with E-state index in [0.717, 1.165) is 28.3 Å². The molecular weight excluding hydrogens is 350 g/mol. The van der Waals surface area contributed by atoms with Crippen LogP contribution in [-0.2, 0) is 6.54 Å². The van der Waals surface area contributed by atoms with Crippen molar-refractivity contribution in [2.75, 3.05) is 11.5 Å². The highest BCUT2D eigenvalue weighted by molar-refractivity contribution is 8.19. The van der Waals surface area contributed by atoms with Crippen molar-refractivity contribution in [1.82, 2.24) is 4.40 Å². The summed E-state index contributed by atoms with van der Waals surface area (Å²) in [6.45, 7) is 0.661. The molecule has 2 aromatic heterocycles. The Bertz CT molecular complexity index is 1020. The third-order valence-electron chi connectivity index (χ3n) is 4.20. The van der Waals surface area contributed by atoms with Gasteiger partial charge in [-0.3, -0.25) is 0 Å². The van der Waals surface area contributed by atoms with E-state index in [0.29, 0.717) is 12.1 Å². The van der Waals surface area contributed by atoms with Crippen molar-refractivity contribution >= 4 is 29.2 Å². The van der Waals surface area contributed by atoms with Gasteiger partial charge in [-0.05, 0) is 23.8 Å². The highest BCUT2D eigenvalue weighted by Crippen LogP contribution is 2.43. The molecule has 4 nitrogen and oxygen atoms in total. The molecule has 1 fully saturated rings. The maximum Gasteiger partial charge on any atom is 0.347 e. The zero-order chi connectivity index (χ0) is 17.2. The largest absolute Gasteiger partial charge is 0.347 e. The van der Waals surface area contributed by atoms with E-state index in [2.05, 4.69) is 10.6 Å². The van der Waals surface area contributed by atoms with Crippen LogP contribution in [0.5, 0.6) is 0 Å². The molecule has 4 rings (SSSR count). The molecular formula is C19H16N3OS2+. The van der Waals surface area contributed by atoms with Gasteiger partial charge in [0.25, 0.3) is 5.65 Å². The van der Waals surface area contributed by atoms with Crippen LogP contribution < -0.4 is 10.1 Å². The van der Waals surface area contributed by atoms with Crippen molar-refractivity contribution < 1.29 is 4.57 Å². The van der Waals surface area contributed by atoms with Gasteiger partial charge in [-0.25, -0.2) is 9.36 Å². The minimum atomic E-state index is 0.0681. The van der Waals surface area contributed by atoms with Gasteiger partial charge >= 0.3 is 5.56 Å². The monoisotopic (exact) mass is 366 g/mol. The van der Waals surface area contributed by atoms with Gasteiger partial charge in [-0.15, -0.1) is 23.5 Å². The van der Waals surface area contributed by atoms with Crippen molar-refractivity contribution in [3.63, 3.8) is 0 Å². The van der Waals surface area contributed by atoms with E-state index in [4.69, 9.17) is 5.26 Å². The number of fused-ring (bicyclic) bond motifs is 1. The predicted molar refractivity (Wildman–Crippen MR) is 102 cm³/mol. The fourth-order valence-corrected chi connectivity index (χ4v) is 5.82. The Morgan fingerprint density at radius 1 is 1.16 bits per heavy atom. The quantitative estimate of drug-likeness (QED) is 0.669. The summed E-state index contributed by atoms with van der Waals surface area (Å²) in [7, 11) is 0. The van der Waals surface area contributed by atoms with Crippen molar-refractivity contribution in [3.8, 4) is 6.07 Å². The Balaban J connectivity index is 1.82. The lowest BCUT2D eigenvalue weighted by Gasteiger charge is -2.10. The molecule has 1 aliphatic rings. The van der Waals surface area contributed by atoms with Crippen molar-refractivity contribution in [1.29, 1.82) is 5.26 Å². The van der Waals surface area contributed by atoms with Crippen LogP contribution >= 0.6 is 23.5 Å². The first-order valence-electron chi connectivity index (χ1n) is 8.02. The number of nitriles is 1. The third kappa shape index (κ3) is 3.17. The van der Waals surface area contributed by atoms with Crippen LogP contribution in [0.2, 0.25) is 0 Å². The number of nitrogens with zero attached hydrogens (tertiary/aromatic N) is 3. The molecule has 3 aromatic rings. The molecule has 0 amide bonds. The Hall–Kier alpha value is -2.23. The van der Waals surface area contributed by atoms with Gasteiger partial charge in [-0.2, -0.15) is 9.66 Å². The van der Waals surface area contributed by atoms with E-state index in [-0.39, 0.29) is 10.1 Å². The minimum Gasteiger partial charge on any atom is -0.240 e. The van der Waals surface area contributed by atoms with Crippen LogP contribution in [-0.4, -0.2) is 15.9 Å². The van der Waals surface area contributed by atoms with E-state index in [1.165, 1.54) is 0 Å². The molecule has 124 valence electrons. The number of hydrogen-bond acceptors (Lipinski definition) is 4. The number of hydrogen-bond donors (Lipinski definition) is 0. The van der Waals surface area contributed by atoms with E-state index < -0.39 is 0 Å². The van der Waals surface area contributed by atoms with Crippen LogP contribution in [0, 0.1) is 11.3 Å². The van der Waals surface area contributed by atoms with Crippen LogP contribution in [0.15, 0.2) is 59.7 Å². The smallest absolute Gasteiger partial charge is 0.240 e. The Kier molecular flexibility index (Phi) is 4.51. The summed E-state index contributed by atoms with van der Waals surface area (Å²) in [6, 6.07) is 15.5. The molecule has 1 aliphatic heterocycles. The summed E-state index contributed by atoms with van der Waals surface area (Å²) >= 11 is 3.68. The van der Waals surface area contributed by atoms with Gasteiger partial charge in [0.2, 0.25) is 0 Å². The topological polar surface area (TPSA) is 49.1 Å². The van der Waals surface area contributed by atoms with E-state index >= 15 is 0 Å². The number of aromatic nitrogens is 2. The molecule has 3 heterocycles. The molecule has 0 spiro atoms. The SMILES string of the molecule is N#Cc1ccc(C[n+]2cc(C3SCCS3)c(=O)n3ccccc32)cc1. The molecule has 6 heteroatoms. The highest BCUT2D eigenvalue weighted by atomic mass is 32.2. The highest BCUT2D eigenvalue weighted by Gasteiger charge is 2.26. The lowest BCUT2D eigenvalue weighted by atomic mass is 10.1. The summed E-state index contributed by atoms with van der Waals surface area (Å²) < 4.78 is 4.06. The fraction of sp³-hybridized carbons (Fsp3) is 0.211. The first-order chi connectivity index (χ1) is 12.3. The number of pyridine rings is 1. The van der Waals surface area contributed by atoms with E-state index in [1.807, 2.05) is 78.4 Å². The molecule has 0 unspecified atom stereocenters. The average molecular weight is 366 g/mol. The fourth-order valence-electron chi connectivity index (χ4n) is 2.98. The van der Waals surface area contributed by atoms with Crippen molar-refractivity contribution in [2.24, 2.45) is 0 Å². The summed E-state index contributed by atoms with van der Waals surface area (Å²) in [6.07, 6.45) is 3.84. The lowest BCUT2D eigenvalue weighted by molar-refractivity contribution is -0.666. The maximum absolute atomic E-state index is 12.9. The second-order valence-electron chi connectivity index (χ2n) is 5.83. The zero-order valence-corrected chi connectivity index (χ0v) is 15.1. The molecule has 0 saturated carbocycles.